The summed E-state index contributed by atoms with van der Waals surface area (Å²) in [6.07, 6.45) is 4.16. The molecule has 1 aromatic carbocycles. The number of H-pyrrole nitrogens is 1. The molecule has 0 spiro atoms. The Bertz CT molecular complexity index is 1170. The molecule has 8 heteroatoms. The van der Waals surface area contributed by atoms with E-state index in [-0.39, 0.29) is 17.9 Å². The van der Waals surface area contributed by atoms with Gasteiger partial charge in [0, 0.05) is 22.5 Å². The van der Waals surface area contributed by atoms with Crippen molar-refractivity contribution in [3.05, 3.63) is 35.0 Å². The Labute approximate surface area is 170 Å². The van der Waals surface area contributed by atoms with Gasteiger partial charge in [0.15, 0.2) is 0 Å². The molecule has 144 valence electrons. The van der Waals surface area contributed by atoms with Gasteiger partial charge in [0.25, 0.3) is 0 Å². The maximum absolute atomic E-state index is 12.5. The van der Waals surface area contributed by atoms with E-state index in [1.807, 2.05) is 13.8 Å². The first-order valence-electron chi connectivity index (χ1n) is 9.48. The Balaban J connectivity index is 1.47. The predicted molar refractivity (Wildman–Crippen MR) is 116 cm³/mol. The number of aryl methyl sites for hydroxylation is 1. The highest BCUT2D eigenvalue weighted by atomic mass is 32.1. The first-order valence-corrected chi connectivity index (χ1v) is 11.1. The lowest BCUT2D eigenvalue weighted by molar-refractivity contribution is -0.125. The van der Waals surface area contributed by atoms with Crippen LogP contribution in [-0.2, 0) is 17.6 Å². The lowest BCUT2D eigenvalue weighted by atomic mass is 9.87. The van der Waals surface area contributed by atoms with Crippen LogP contribution in [0, 0.1) is 5.92 Å². The Kier molecular flexibility index (Phi) is 4.32. The molecule has 3 N–H and O–H groups in total. The van der Waals surface area contributed by atoms with Gasteiger partial charge in [-0.25, -0.2) is 9.97 Å². The summed E-state index contributed by atoms with van der Waals surface area (Å²) in [5.74, 6) is 1.06. The lowest BCUT2D eigenvalue weighted by Gasteiger charge is -2.22. The maximum Gasteiger partial charge on any atom is 0.223 e. The monoisotopic (exact) mass is 411 g/mol. The minimum absolute atomic E-state index is 0.0461. The minimum Gasteiger partial charge on any atom is -0.354 e. The predicted octanol–water partition coefficient (Wildman–Crippen LogP) is 4.61. The fourth-order valence-corrected chi connectivity index (χ4v) is 5.73. The molecule has 1 amide bonds. The van der Waals surface area contributed by atoms with E-state index in [1.165, 1.54) is 20.7 Å². The number of thiophene rings is 1. The van der Waals surface area contributed by atoms with Gasteiger partial charge in [-0.15, -0.1) is 11.3 Å². The normalized spacial score (nSPS) is 16.6. The van der Waals surface area contributed by atoms with E-state index >= 15 is 0 Å². The van der Waals surface area contributed by atoms with Crippen LogP contribution in [-0.4, -0.2) is 26.3 Å². The number of benzene rings is 1. The molecule has 1 aliphatic rings. The van der Waals surface area contributed by atoms with Gasteiger partial charge in [-0.3, -0.25) is 4.79 Å². The molecule has 1 aliphatic carbocycles. The summed E-state index contributed by atoms with van der Waals surface area (Å²) in [5, 5.41) is 7.64. The number of amides is 1. The molecular weight excluding hydrogens is 390 g/mol. The van der Waals surface area contributed by atoms with E-state index in [0.29, 0.717) is 0 Å². The van der Waals surface area contributed by atoms with Crippen LogP contribution >= 0.6 is 22.9 Å². The molecule has 0 fully saturated rings. The highest BCUT2D eigenvalue weighted by Gasteiger charge is 2.29. The molecule has 3 aromatic heterocycles. The first-order chi connectivity index (χ1) is 13.6. The summed E-state index contributed by atoms with van der Waals surface area (Å²) in [6.45, 7) is 4.01. The van der Waals surface area contributed by atoms with Gasteiger partial charge in [-0.2, -0.15) is 0 Å². The summed E-state index contributed by atoms with van der Waals surface area (Å²) in [6, 6.07) is 6.45. The third-order valence-corrected chi connectivity index (χ3v) is 7.20. The zero-order valence-electron chi connectivity index (χ0n) is 15.7. The lowest BCUT2D eigenvalue weighted by Crippen LogP contribution is -2.37. The van der Waals surface area contributed by atoms with Gasteiger partial charge < -0.3 is 15.0 Å². The van der Waals surface area contributed by atoms with Crippen LogP contribution in [0.4, 0.5) is 11.5 Å². The number of nitrogens with one attached hydrogen (secondary N) is 3. The summed E-state index contributed by atoms with van der Waals surface area (Å²) in [4.78, 5) is 23.7. The van der Waals surface area contributed by atoms with E-state index in [1.54, 1.807) is 29.2 Å². The number of nitrogens with zero attached hydrogens (tertiary/aromatic N) is 2. The molecule has 28 heavy (non-hydrogen) atoms. The third kappa shape index (κ3) is 3.06. The molecule has 0 aliphatic heterocycles. The van der Waals surface area contributed by atoms with Crippen molar-refractivity contribution in [1.82, 2.24) is 19.7 Å². The Morgan fingerprint density at radius 3 is 2.96 bits per heavy atom. The molecule has 1 atom stereocenters. The van der Waals surface area contributed by atoms with Crippen molar-refractivity contribution < 1.29 is 4.79 Å². The summed E-state index contributed by atoms with van der Waals surface area (Å²) in [7, 11) is 0. The summed E-state index contributed by atoms with van der Waals surface area (Å²) in [5.41, 5.74) is 3.50. The van der Waals surface area contributed by atoms with Crippen LogP contribution in [0.5, 0.6) is 0 Å². The molecular formula is C20H21N5OS2. The molecule has 4 aromatic rings. The van der Waals surface area contributed by atoms with E-state index < -0.39 is 0 Å². The van der Waals surface area contributed by atoms with Gasteiger partial charge in [0.05, 0.1) is 15.6 Å². The number of carbonyl (C=O) groups is 1. The smallest absolute Gasteiger partial charge is 0.223 e. The van der Waals surface area contributed by atoms with E-state index in [0.717, 1.165) is 41.0 Å². The van der Waals surface area contributed by atoms with E-state index in [9.17, 15) is 4.79 Å². The highest BCUT2D eigenvalue weighted by Crippen LogP contribution is 2.40. The van der Waals surface area contributed by atoms with Crippen LogP contribution in [0.1, 0.15) is 30.7 Å². The highest BCUT2D eigenvalue weighted by molar-refractivity contribution is 7.19. The van der Waals surface area contributed by atoms with Gasteiger partial charge in [0.2, 0.25) is 5.91 Å². The number of aromatic amines is 1. The quantitative estimate of drug-likeness (QED) is 0.458. The second-order valence-corrected chi connectivity index (χ2v) is 9.48. The third-order valence-electron chi connectivity index (χ3n) is 5.16. The average molecular weight is 412 g/mol. The van der Waals surface area contributed by atoms with Gasteiger partial charge in [-0.05, 0) is 56.9 Å². The number of hydrogen-bond acceptors (Lipinski definition) is 6. The van der Waals surface area contributed by atoms with Crippen molar-refractivity contribution in [2.75, 3.05) is 5.32 Å². The molecule has 3 heterocycles. The summed E-state index contributed by atoms with van der Waals surface area (Å²) >= 11 is 3.33. The molecule has 0 saturated heterocycles. The first kappa shape index (κ1) is 17.6. The number of fused-ring (bicyclic) bond motifs is 4. The maximum atomic E-state index is 12.5. The van der Waals surface area contributed by atoms with Crippen LogP contribution < -0.4 is 10.6 Å². The van der Waals surface area contributed by atoms with Gasteiger partial charge >= 0.3 is 0 Å². The molecule has 0 saturated carbocycles. The Morgan fingerprint density at radius 2 is 2.21 bits per heavy atom. The van der Waals surface area contributed by atoms with Crippen LogP contribution in [0.25, 0.3) is 20.4 Å². The van der Waals surface area contributed by atoms with Crippen molar-refractivity contribution in [2.45, 2.75) is 39.2 Å². The van der Waals surface area contributed by atoms with Crippen molar-refractivity contribution in [3.63, 3.8) is 0 Å². The van der Waals surface area contributed by atoms with Crippen molar-refractivity contribution in [1.29, 1.82) is 0 Å². The fraction of sp³-hybridized carbons (Fsp3) is 0.350. The molecule has 5 rings (SSSR count). The number of anilines is 2. The number of rotatable bonds is 4. The molecule has 1 unspecified atom stereocenters. The van der Waals surface area contributed by atoms with Crippen molar-refractivity contribution in [2.24, 2.45) is 5.92 Å². The zero-order valence-corrected chi connectivity index (χ0v) is 17.3. The zero-order chi connectivity index (χ0) is 19.3. The van der Waals surface area contributed by atoms with Crippen molar-refractivity contribution >= 4 is 60.7 Å². The average Bonchev–Trinajstić information content (AvgIpc) is 3.02. The molecule has 6 nitrogen and oxygen atoms in total. The second-order valence-electron chi connectivity index (χ2n) is 7.55. The summed E-state index contributed by atoms with van der Waals surface area (Å²) < 4.78 is 4.44. The fourth-order valence-electron chi connectivity index (χ4n) is 3.80. The number of carbonyl (C=O) groups excluding carboxylic acids is 1. The van der Waals surface area contributed by atoms with E-state index in [2.05, 4.69) is 43.2 Å². The number of hydrogen-bond donors (Lipinski definition) is 3. The SMILES string of the molecule is CC(C)NC(=O)C1CCc2c(sc3ncnc(Nc4ccc5[nH]sc5c4)c23)C1. The minimum atomic E-state index is 0.0461. The Hall–Kier alpha value is -2.45. The van der Waals surface area contributed by atoms with Crippen molar-refractivity contribution in [3.8, 4) is 0 Å². The number of aromatic nitrogens is 3. The van der Waals surface area contributed by atoms with Crippen LogP contribution in [0.15, 0.2) is 24.5 Å². The standard InChI is InChI=1S/C20H21N5OS2/c1-10(2)23-19(26)11-3-5-13-15(7-11)27-20-17(13)18(21-9-22-20)24-12-4-6-14-16(8-12)28-25-14/h4,6,8-11,25H,3,5,7H2,1-2H3,(H,23,26)(H,21,22,24). The largest absolute Gasteiger partial charge is 0.354 e. The molecule has 0 radical (unpaired) electrons. The van der Waals surface area contributed by atoms with Gasteiger partial charge in [-0.1, -0.05) is 11.5 Å². The van der Waals surface area contributed by atoms with Crippen LogP contribution in [0.2, 0.25) is 0 Å². The Morgan fingerprint density at radius 1 is 1.32 bits per heavy atom. The van der Waals surface area contributed by atoms with Crippen LogP contribution in [0.3, 0.4) is 0 Å². The van der Waals surface area contributed by atoms with E-state index in [4.69, 9.17) is 0 Å². The topological polar surface area (TPSA) is 82.7 Å². The second kappa shape index (κ2) is 6.86. The van der Waals surface area contributed by atoms with Gasteiger partial charge in [0.1, 0.15) is 17.0 Å². The molecule has 0 bridgehead atoms.